The third-order valence-electron chi connectivity index (χ3n) is 6.14. The molecule has 0 fully saturated rings. The zero-order chi connectivity index (χ0) is 19.5. The van der Waals surface area contributed by atoms with Crippen molar-refractivity contribution in [2.24, 2.45) is 11.3 Å². The number of rotatable bonds is 2. The molecule has 0 bridgehead atoms. The molecule has 0 N–H and O–H groups in total. The van der Waals surface area contributed by atoms with Gasteiger partial charge in [-0.1, -0.05) is 0 Å². The summed E-state index contributed by atoms with van der Waals surface area (Å²) in [4.78, 5) is 0. The molecule has 2 atom stereocenters. The van der Waals surface area contributed by atoms with E-state index < -0.39 is 8.80 Å². The molecule has 2 aromatic rings. The van der Waals surface area contributed by atoms with Crippen LogP contribution in [-0.2, 0) is 24.7 Å². The molecule has 151 valence electrons. The summed E-state index contributed by atoms with van der Waals surface area (Å²) in [6, 6.07) is 13.9. The third kappa shape index (κ3) is 4.20. The Balaban J connectivity index is 0.00000150. The molecular weight excluding hydrogens is 490 g/mol. The Morgan fingerprint density at radius 3 is 2.17 bits per heavy atom. The Morgan fingerprint density at radius 1 is 0.931 bits per heavy atom. The first-order valence-electron chi connectivity index (χ1n) is 10.1. The average Bonchev–Trinajstić information content (AvgIpc) is 3.13. The Hall–Kier alpha value is -0.400. The van der Waals surface area contributed by atoms with Crippen LogP contribution in [0.15, 0.2) is 54.1 Å². The van der Waals surface area contributed by atoms with Crippen LogP contribution in [0.3, 0.4) is 0 Å². The van der Waals surface area contributed by atoms with Crippen molar-refractivity contribution in [3.8, 4) is 11.1 Å². The van der Waals surface area contributed by atoms with Gasteiger partial charge in [0.25, 0.3) is 0 Å². The first-order valence-corrected chi connectivity index (χ1v) is 14.4. The van der Waals surface area contributed by atoms with Gasteiger partial charge in [-0.2, -0.15) is 0 Å². The molecule has 2 unspecified atom stereocenters. The van der Waals surface area contributed by atoms with Gasteiger partial charge in [-0.05, 0) is 0 Å². The molecule has 0 amide bonds. The first-order chi connectivity index (χ1) is 12.7. The standard InChI is InChI=1S/C25H29Si.2ClH.Zr/c1-16-13-18(25(2,3)4)15-21(16)24-22-14-17-9-7-8-10-19(17)20(22)11-12-23(24)26(5)6;;;/h7-16,26H,1-6H3;2*1H;/q;;;+2/p-2. The topological polar surface area (TPSA) is 0 Å². The summed E-state index contributed by atoms with van der Waals surface area (Å²) in [6.07, 6.45) is 5.02. The van der Waals surface area contributed by atoms with Crippen LogP contribution in [0.5, 0.6) is 0 Å². The van der Waals surface area contributed by atoms with Gasteiger partial charge in [-0.3, -0.25) is 0 Å². The largest absolute Gasteiger partial charge is 1.00 e. The number of benzene rings is 2. The zero-order valence-corrected chi connectivity index (χ0v) is 23.2. The van der Waals surface area contributed by atoms with E-state index in [1.54, 1.807) is 46.6 Å². The Kier molecular flexibility index (Phi) is 7.71. The molecule has 2 aliphatic carbocycles. The van der Waals surface area contributed by atoms with Gasteiger partial charge >= 0.3 is 182 Å². The van der Waals surface area contributed by atoms with Crippen LogP contribution in [0.25, 0.3) is 16.7 Å². The minimum absolute atomic E-state index is 0. The number of fused-ring (bicyclic) bond motifs is 3. The molecule has 4 heteroatoms. The van der Waals surface area contributed by atoms with Gasteiger partial charge in [-0.15, -0.1) is 0 Å². The minimum Gasteiger partial charge on any atom is -1.00 e. The van der Waals surface area contributed by atoms with Crippen molar-refractivity contribution in [1.82, 2.24) is 0 Å². The van der Waals surface area contributed by atoms with Crippen LogP contribution in [0.4, 0.5) is 0 Å². The zero-order valence-electron chi connectivity index (χ0n) is 18.1. The van der Waals surface area contributed by atoms with Crippen molar-refractivity contribution < 1.29 is 49.5 Å². The molecule has 4 rings (SSSR count). The first kappa shape index (κ1) is 24.9. The molecular formula is C25H29Cl2SiZr. The quantitative estimate of drug-likeness (QED) is 0.491. The van der Waals surface area contributed by atoms with Crippen LogP contribution in [0.2, 0.25) is 13.1 Å². The molecule has 0 saturated carbocycles. The number of halogens is 2. The molecule has 0 aliphatic heterocycles. The smallest absolute Gasteiger partial charge is 1.00 e. The molecule has 0 radical (unpaired) electrons. The summed E-state index contributed by atoms with van der Waals surface area (Å²) >= 11 is 1.60. The van der Waals surface area contributed by atoms with Crippen molar-refractivity contribution in [3.05, 3.63) is 70.8 Å². The van der Waals surface area contributed by atoms with E-state index in [0.29, 0.717) is 9.54 Å². The van der Waals surface area contributed by atoms with Gasteiger partial charge < -0.3 is 24.8 Å². The maximum Gasteiger partial charge on any atom is -1.00 e. The second-order valence-electron chi connectivity index (χ2n) is 9.43. The number of allylic oxidation sites excluding steroid dienone is 4. The summed E-state index contributed by atoms with van der Waals surface area (Å²) in [6.45, 7) is 14.3. The molecule has 29 heavy (non-hydrogen) atoms. The van der Waals surface area contributed by atoms with Crippen LogP contribution < -0.4 is 30.0 Å². The Bertz CT molecular complexity index is 983. The maximum absolute atomic E-state index is 2.52. The summed E-state index contributed by atoms with van der Waals surface area (Å²) in [5.41, 5.74) is 11.0. The maximum atomic E-state index is 2.52. The normalized spacial score (nSPS) is 19.8. The van der Waals surface area contributed by atoms with Gasteiger partial charge in [0, 0.05) is 0 Å². The fraction of sp³-hybridized carbons (Fsp3) is 0.360. The van der Waals surface area contributed by atoms with Gasteiger partial charge in [0.05, 0.1) is 0 Å². The van der Waals surface area contributed by atoms with Gasteiger partial charge in [0.1, 0.15) is 0 Å². The number of hydrogen-bond acceptors (Lipinski definition) is 0. The molecule has 2 aromatic carbocycles. The van der Waals surface area contributed by atoms with E-state index in [0.717, 1.165) is 0 Å². The monoisotopic (exact) mass is 517 g/mol. The van der Waals surface area contributed by atoms with Gasteiger partial charge in [-0.25, -0.2) is 0 Å². The SMILES string of the molecule is CC1C=C(C(C)(C)C)C=C1c1c([SiH](C)C)ccc2c1[CH]([Zr+2])c1ccccc1-2.[Cl-].[Cl-]. The van der Waals surface area contributed by atoms with Gasteiger partial charge in [0.15, 0.2) is 0 Å². The van der Waals surface area contributed by atoms with Crippen molar-refractivity contribution in [2.75, 3.05) is 0 Å². The Morgan fingerprint density at radius 2 is 1.59 bits per heavy atom. The van der Waals surface area contributed by atoms with E-state index >= 15 is 0 Å². The van der Waals surface area contributed by atoms with Crippen LogP contribution >= 0.6 is 0 Å². The second kappa shape index (κ2) is 8.99. The molecule has 0 heterocycles. The van der Waals surface area contributed by atoms with Crippen LogP contribution in [-0.4, -0.2) is 8.80 Å². The molecule has 2 aliphatic rings. The summed E-state index contributed by atoms with van der Waals surface area (Å²) in [5, 5.41) is 1.65. The van der Waals surface area contributed by atoms with Crippen LogP contribution in [0, 0.1) is 11.3 Å². The average molecular weight is 520 g/mol. The van der Waals surface area contributed by atoms with E-state index in [1.807, 2.05) is 0 Å². The summed E-state index contributed by atoms with van der Waals surface area (Å²) in [5.74, 6) is 0.504. The van der Waals surface area contributed by atoms with Crippen LogP contribution in [0.1, 0.15) is 48.0 Å². The Labute approximate surface area is 205 Å². The van der Waals surface area contributed by atoms with E-state index in [2.05, 4.69) is 89.3 Å². The van der Waals surface area contributed by atoms with Crippen molar-refractivity contribution in [1.29, 1.82) is 0 Å². The van der Waals surface area contributed by atoms with Crippen molar-refractivity contribution in [3.63, 3.8) is 0 Å². The minimum atomic E-state index is -0.927. The summed E-state index contributed by atoms with van der Waals surface area (Å²) < 4.78 is 0.567. The van der Waals surface area contributed by atoms with E-state index in [-0.39, 0.29) is 30.2 Å². The third-order valence-corrected chi connectivity index (χ3v) is 9.34. The molecule has 0 saturated heterocycles. The van der Waals surface area contributed by atoms with E-state index in [4.69, 9.17) is 0 Å². The van der Waals surface area contributed by atoms with Crippen molar-refractivity contribution in [2.45, 2.75) is 44.4 Å². The molecule has 0 spiro atoms. The molecule has 0 aromatic heterocycles. The predicted octanol–water partition coefficient (Wildman–Crippen LogP) is 0.0105. The molecule has 0 nitrogen and oxygen atoms in total. The predicted molar refractivity (Wildman–Crippen MR) is 117 cm³/mol. The van der Waals surface area contributed by atoms with E-state index in [1.165, 1.54) is 22.3 Å². The fourth-order valence-corrected chi connectivity index (χ4v) is 7.33. The number of hydrogen-bond donors (Lipinski definition) is 0. The summed E-state index contributed by atoms with van der Waals surface area (Å²) in [7, 11) is -0.927. The van der Waals surface area contributed by atoms with E-state index in [9.17, 15) is 0 Å². The second-order valence-corrected chi connectivity index (χ2v) is 13.8. The van der Waals surface area contributed by atoms with Gasteiger partial charge in [0.2, 0.25) is 0 Å². The fourth-order valence-electron chi connectivity index (χ4n) is 4.60. The van der Waals surface area contributed by atoms with Crippen molar-refractivity contribution >= 4 is 19.6 Å².